The molecule has 0 radical (unpaired) electrons. The molecular weight excluding hydrogens is 294 g/mol. The molecule has 1 unspecified atom stereocenters. The van der Waals surface area contributed by atoms with Gasteiger partial charge in [0.2, 0.25) is 0 Å². The molecule has 0 saturated carbocycles. The van der Waals surface area contributed by atoms with Crippen molar-refractivity contribution in [2.24, 2.45) is 0 Å². The first-order valence-electron chi connectivity index (χ1n) is 6.77. The number of ether oxygens (including phenoxy) is 3. The highest BCUT2D eigenvalue weighted by atomic mass is 35.5. The smallest absolute Gasteiger partial charge is 0.124 e. The van der Waals surface area contributed by atoms with Crippen LogP contribution >= 0.6 is 12.4 Å². The number of benzene rings is 1. The number of methoxy groups -OCH3 is 2. The average Bonchev–Trinajstić information content (AvgIpc) is 2.45. The van der Waals surface area contributed by atoms with Gasteiger partial charge in [0.1, 0.15) is 11.5 Å². The SMILES string of the molecule is COc1ccc(OC)c(COCC(O)CNC(C)C)c1.Cl. The van der Waals surface area contributed by atoms with Crippen molar-refractivity contribution in [3.05, 3.63) is 23.8 Å². The van der Waals surface area contributed by atoms with Crippen LogP contribution in [0.25, 0.3) is 0 Å². The van der Waals surface area contributed by atoms with Gasteiger partial charge >= 0.3 is 0 Å². The van der Waals surface area contributed by atoms with Crippen molar-refractivity contribution in [3.8, 4) is 11.5 Å². The van der Waals surface area contributed by atoms with E-state index in [1.54, 1.807) is 14.2 Å². The first-order chi connectivity index (χ1) is 9.56. The molecule has 0 amide bonds. The molecule has 1 atom stereocenters. The van der Waals surface area contributed by atoms with Crippen molar-refractivity contribution in [2.45, 2.75) is 32.6 Å². The first kappa shape index (κ1) is 20.0. The summed E-state index contributed by atoms with van der Waals surface area (Å²) in [5, 5.41) is 12.9. The fraction of sp³-hybridized carbons (Fsp3) is 0.600. The monoisotopic (exact) mass is 319 g/mol. The van der Waals surface area contributed by atoms with Gasteiger partial charge in [-0.1, -0.05) is 13.8 Å². The minimum absolute atomic E-state index is 0. The Kier molecular flexibility index (Phi) is 10.2. The maximum atomic E-state index is 9.76. The van der Waals surface area contributed by atoms with E-state index in [1.807, 2.05) is 32.0 Å². The zero-order valence-electron chi connectivity index (χ0n) is 13.1. The molecule has 1 aromatic rings. The minimum Gasteiger partial charge on any atom is -0.497 e. The predicted octanol–water partition coefficient (Wildman–Crippen LogP) is 2.00. The van der Waals surface area contributed by atoms with Gasteiger partial charge in [0, 0.05) is 18.2 Å². The maximum Gasteiger partial charge on any atom is 0.124 e. The molecule has 0 aromatic heterocycles. The van der Waals surface area contributed by atoms with Crippen LogP contribution in [0.5, 0.6) is 11.5 Å². The highest BCUT2D eigenvalue weighted by Crippen LogP contribution is 2.24. The van der Waals surface area contributed by atoms with Crippen LogP contribution in [-0.2, 0) is 11.3 Å². The molecule has 0 bridgehead atoms. The molecule has 1 rings (SSSR count). The molecule has 122 valence electrons. The maximum absolute atomic E-state index is 9.76. The van der Waals surface area contributed by atoms with Gasteiger partial charge in [-0.2, -0.15) is 0 Å². The van der Waals surface area contributed by atoms with E-state index in [0.29, 0.717) is 19.2 Å². The molecule has 6 heteroatoms. The number of halogens is 1. The van der Waals surface area contributed by atoms with Gasteiger partial charge in [0.05, 0.1) is 33.5 Å². The minimum atomic E-state index is -0.519. The van der Waals surface area contributed by atoms with Gasteiger partial charge in [0.15, 0.2) is 0 Å². The Morgan fingerprint density at radius 2 is 1.90 bits per heavy atom. The molecule has 0 aliphatic rings. The van der Waals surface area contributed by atoms with E-state index in [-0.39, 0.29) is 19.0 Å². The molecular formula is C15H26ClNO4. The number of aliphatic hydroxyl groups is 1. The summed E-state index contributed by atoms with van der Waals surface area (Å²) in [6.45, 7) is 5.25. The van der Waals surface area contributed by atoms with Gasteiger partial charge in [-0.15, -0.1) is 12.4 Å². The van der Waals surface area contributed by atoms with E-state index in [1.165, 1.54) is 0 Å². The van der Waals surface area contributed by atoms with Crippen molar-refractivity contribution in [2.75, 3.05) is 27.4 Å². The lowest BCUT2D eigenvalue weighted by Crippen LogP contribution is -2.34. The summed E-state index contributed by atoms with van der Waals surface area (Å²) in [6, 6.07) is 5.90. The van der Waals surface area contributed by atoms with Crippen LogP contribution in [0, 0.1) is 0 Å². The average molecular weight is 320 g/mol. The topological polar surface area (TPSA) is 60.0 Å². The zero-order valence-corrected chi connectivity index (χ0v) is 13.9. The lowest BCUT2D eigenvalue weighted by atomic mass is 10.2. The number of aliphatic hydroxyl groups excluding tert-OH is 1. The molecule has 0 fully saturated rings. The molecule has 5 nitrogen and oxygen atoms in total. The number of rotatable bonds is 9. The van der Waals surface area contributed by atoms with E-state index < -0.39 is 6.10 Å². The molecule has 0 aliphatic carbocycles. The van der Waals surface area contributed by atoms with E-state index in [2.05, 4.69) is 5.32 Å². The second-order valence-corrected chi connectivity index (χ2v) is 4.91. The number of hydrogen-bond acceptors (Lipinski definition) is 5. The van der Waals surface area contributed by atoms with E-state index >= 15 is 0 Å². The van der Waals surface area contributed by atoms with Crippen LogP contribution in [0.1, 0.15) is 19.4 Å². The summed E-state index contributed by atoms with van der Waals surface area (Å²) in [5.41, 5.74) is 0.899. The third-order valence-corrected chi connectivity index (χ3v) is 2.82. The highest BCUT2D eigenvalue weighted by Gasteiger charge is 2.08. The predicted molar refractivity (Wildman–Crippen MR) is 85.6 cm³/mol. The second-order valence-electron chi connectivity index (χ2n) is 4.91. The van der Waals surface area contributed by atoms with Crippen LogP contribution < -0.4 is 14.8 Å². The third-order valence-electron chi connectivity index (χ3n) is 2.82. The Morgan fingerprint density at radius 1 is 1.19 bits per heavy atom. The Hall–Kier alpha value is -1.01. The summed E-state index contributed by atoms with van der Waals surface area (Å²) in [6.07, 6.45) is -0.519. The van der Waals surface area contributed by atoms with Crippen molar-refractivity contribution < 1.29 is 19.3 Å². The fourth-order valence-electron chi connectivity index (χ4n) is 1.73. The van der Waals surface area contributed by atoms with E-state index in [9.17, 15) is 5.11 Å². The second kappa shape index (κ2) is 10.7. The van der Waals surface area contributed by atoms with Gasteiger partial charge < -0.3 is 24.6 Å². The Bertz CT molecular complexity index is 401. The Labute approximate surface area is 133 Å². The summed E-state index contributed by atoms with van der Waals surface area (Å²) < 4.78 is 16.0. The Morgan fingerprint density at radius 3 is 2.48 bits per heavy atom. The van der Waals surface area contributed by atoms with Crippen molar-refractivity contribution in [1.82, 2.24) is 5.32 Å². The molecule has 2 N–H and O–H groups in total. The van der Waals surface area contributed by atoms with Crippen LogP contribution in [0.2, 0.25) is 0 Å². The van der Waals surface area contributed by atoms with Crippen LogP contribution in [0.4, 0.5) is 0 Å². The van der Waals surface area contributed by atoms with Crippen molar-refractivity contribution >= 4 is 12.4 Å². The van der Waals surface area contributed by atoms with Gasteiger partial charge in [0.25, 0.3) is 0 Å². The molecule has 0 saturated heterocycles. The van der Waals surface area contributed by atoms with E-state index in [4.69, 9.17) is 14.2 Å². The quantitative estimate of drug-likeness (QED) is 0.729. The highest BCUT2D eigenvalue weighted by molar-refractivity contribution is 5.85. The van der Waals surface area contributed by atoms with Crippen LogP contribution in [0.3, 0.4) is 0 Å². The van der Waals surface area contributed by atoms with Crippen molar-refractivity contribution in [1.29, 1.82) is 0 Å². The number of nitrogens with one attached hydrogen (secondary N) is 1. The molecule has 0 heterocycles. The van der Waals surface area contributed by atoms with Crippen LogP contribution in [0.15, 0.2) is 18.2 Å². The Balaban J connectivity index is 0.00000400. The zero-order chi connectivity index (χ0) is 15.0. The van der Waals surface area contributed by atoms with E-state index in [0.717, 1.165) is 17.1 Å². The normalized spacial score (nSPS) is 11.9. The van der Waals surface area contributed by atoms with Gasteiger partial charge in [-0.05, 0) is 18.2 Å². The lowest BCUT2D eigenvalue weighted by Gasteiger charge is -2.15. The summed E-state index contributed by atoms with van der Waals surface area (Å²) in [7, 11) is 3.24. The van der Waals surface area contributed by atoms with Crippen molar-refractivity contribution in [3.63, 3.8) is 0 Å². The molecule has 1 aromatic carbocycles. The summed E-state index contributed by atoms with van der Waals surface area (Å²) in [4.78, 5) is 0. The molecule has 0 spiro atoms. The standard InChI is InChI=1S/C15H25NO4.ClH/c1-11(2)16-8-13(17)10-20-9-12-7-14(18-3)5-6-15(12)19-4;/h5-7,11,13,16-17H,8-10H2,1-4H3;1H. The number of hydrogen-bond donors (Lipinski definition) is 2. The summed E-state index contributed by atoms with van der Waals surface area (Å²) >= 11 is 0. The molecule has 0 aliphatic heterocycles. The lowest BCUT2D eigenvalue weighted by molar-refractivity contribution is 0.0274. The first-order valence-corrected chi connectivity index (χ1v) is 6.77. The molecule has 21 heavy (non-hydrogen) atoms. The third kappa shape index (κ3) is 7.52. The largest absolute Gasteiger partial charge is 0.497 e. The van der Waals surface area contributed by atoms with Gasteiger partial charge in [-0.25, -0.2) is 0 Å². The van der Waals surface area contributed by atoms with Crippen LogP contribution in [-0.4, -0.2) is 44.6 Å². The fourth-order valence-corrected chi connectivity index (χ4v) is 1.73. The summed E-state index contributed by atoms with van der Waals surface area (Å²) in [5.74, 6) is 1.51. The van der Waals surface area contributed by atoms with Gasteiger partial charge in [-0.3, -0.25) is 0 Å².